The molecule has 1 unspecified atom stereocenters. The van der Waals surface area contributed by atoms with E-state index >= 15 is 0 Å². The number of hydrogen-bond acceptors (Lipinski definition) is 5. The van der Waals surface area contributed by atoms with Crippen LogP contribution in [0.2, 0.25) is 0 Å². The molecule has 0 radical (unpaired) electrons. The van der Waals surface area contributed by atoms with Crippen molar-refractivity contribution in [3.05, 3.63) is 0 Å². The predicted octanol–water partition coefficient (Wildman–Crippen LogP) is 0.391. The maximum Gasteiger partial charge on any atom is 0.410 e. The Labute approximate surface area is 126 Å². The fourth-order valence-corrected chi connectivity index (χ4v) is 3.97. The first-order chi connectivity index (χ1) is 9.63. The average Bonchev–Trinajstić information content (AvgIpc) is 2.33. The van der Waals surface area contributed by atoms with Crippen LogP contribution in [0.5, 0.6) is 0 Å². The molecular formula is C15H27N3O3. The molecule has 0 aliphatic carbocycles. The van der Waals surface area contributed by atoms with Crippen LogP contribution in [0, 0.1) is 5.92 Å². The van der Waals surface area contributed by atoms with Crippen molar-refractivity contribution in [2.45, 2.75) is 50.4 Å². The molecule has 21 heavy (non-hydrogen) atoms. The zero-order valence-electron chi connectivity index (χ0n) is 13.3. The van der Waals surface area contributed by atoms with Crippen LogP contribution < -0.4 is 5.73 Å². The van der Waals surface area contributed by atoms with Gasteiger partial charge in [0, 0.05) is 6.54 Å². The summed E-state index contributed by atoms with van der Waals surface area (Å²) in [7, 11) is 0. The van der Waals surface area contributed by atoms with E-state index in [4.69, 9.17) is 10.5 Å². The van der Waals surface area contributed by atoms with Gasteiger partial charge in [-0.2, -0.15) is 0 Å². The van der Waals surface area contributed by atoms with Crippen LogP contribution in [0.4, 0.5) is 4.79 Å². The Kier molecular flexibility index (Phi) is 3.28. The summed E-state index contributed by atoms with van der Waals surface area (Å²) in [5.41, 5.74) is 4.52. The number of rotatable bonds is 1. The SMILES string of the molecule is CC(C)(C)OC(=O)N1CC(O)(C2(N)CN3CCC2CC3)C1. The molecular weight excluding hydrogens is 270 g/mol. The monoisotopic (exact) mass is 297 g/mol. The smallest absolute Gasteiger partial charge is 0.410 e. The van der Waals surface area contributed by atoms with Crippen LogP contribution >= 0.6 is 0 Å². The minimum Gasteiger partial charge on any atom is -0.444 e. The van der Waals surface area contributed by atoms with Gasteiger partial charge in [0.25, 0.3) is 0 Å². The molecule has 4 saturated heterocycles. The largest absolute Gasteiger partial charge is 0.444 e. The number of likely N-dealkylation sites (tertiary alicyclic amines) is 1. The lowest BCUT2D eigenvalue weighted by Gasteiger charge is -2.62. The summed E-state index contributed by atoms with van der Waals surface area (Å²) < 4.78 is 5.34. The summed E-state index contributed by atoms with van der Waals surface area (Å²) in [4.78, 5) is 15.9. The molecule has 120 valence electrons. The molecule has 2 bridgehead atoms. The van der Waals surface area contributed by atoms with E-state index in [1.165, 1.54) is 0 Å². The van der Waals surface area contributed by atoms with E-state index in [9.17, 15) is 9.90 Å². The van der Waals surface area contributed by atoms with Gasteiger partial charge in [-0.15, -0.1) is 0 Å². The van der Waals surface area contributed by atoms with E-state index in [2.05, 4.69) is 4.90 Å². The van der Waals surface area contributed by atoms with Gasteiger partial charge >= 0.3 is 6.09 Å². The van der Waals surface area contributed by atoms with Gasteiger partial charge in [0.15, 0.2) is 0 Å². The second-order valence-electron chi connectivity index (χ2n) is 7.96. The van der Waals surface area contributed by atoms with Gasteiger partial charge in [0.2, 0.25) is 0 Å². The molecule has 4 aliphatic heterocycles. The first-order valence-corrected chi connectivity index (χ1v) is 7.85. The topological polar surface area (TPSA) is 79.0 Å². The Bertz CT molecular complexity index is 434. The molecule has 0 aromatic rings. The van der Waals surface area contributed by atoms with Crippen molar-refractivity contribution in [3.63, 3.8) is 0 Å². The number of piperidine rings is 3. The molecule has 0 spiro atoms. The molecule has 1 atom stereocenters. The first-order valence-electron chi connectivity index (χ1n) is 7.85. The van der Waals surface area contributed by atoms with Gasteiger partial charge in [0.05, 0.1) is 18.6 Å². The third-order valence-electron chi connectivity index (χ3n) is 5.22. The molecule has 0 aromatic heterocycles. The highest BCUT2D eigenvalue weighted by atomic mass is 16.6. The van der Waals surface area contributed by atoms with Crippen molar-refractivity contribution in [1.82, 2.24) is 9.80 Å². The van der Waals surface area contributed by atoms with E-state index in [1.54, 1.807) is 4.90 Å². The third kappa shape index (κ3) is 2.43. The number of hydrogen-bond donors (Lipinski definition) is 2. The molecule has 6 heteroatoms. The highest BCUT2D eigenvalue weighted by Gasteiger charge is 2.62. The van der Waals surface area contributed by atoms with Crippen LogP contribution in [0.1, 0.15) is 33.6 Å². The molecule has 4 rings (SSSR count). The maximum atomic E-state index is 12.0. The quantitative estimate of drug-likeness (QED) is 0.732. The van der Waals surface area contributed by atoms with Crippen molar-refractivity contribution in [2.75, 3.05) is 32.7 Å². The van der Waals surface area contributed by atoms with Gasteiger partial charge in [0.1, 0.15) is 11.2 Å². The second-order valence-corrected chi connectivity index (χ2v) is 7.96. The number of nitrogens with two attached hydrogens (primary N) is 1. The second kappa shape index (κ2) is 4.57. The molecule has 4 aliphatic rings. The van der Waals surface area contributed by atoms with Crippen molar-refractivity contribution in [2.24, 2.45) is 11.7 Å². The van der Waals surface area contributed by atoms with Crippen LogP contribution in [-0.2, 0) is 4.74 Å². The summed E-state index contributed by atoms with van der Waals surface area (Å²) in [6.07, 6.45) is 1.73. The van der Waals surface area contributed by atoms with Gasteiger partial charge < -0.3 is 25.4 Å². The average molecular weight is 297 g/mol. The van der Waals surface area contributed by atoms with Crippen LogP contribution in [0.25, 0.3) is 0 Å². The fraction of sp³-hybridized carbons (Fsp3) is 0.933. The predicted molar refractivity (Wildman–Crippen MR) is 78.8 cm³/mol. The Morgan fingerprint density at radius 1 is 1.24 bits per heavy atom. The van der Waals surface area contributed by atoms with E-state index in [0.29, 0.717) is 5.92 Å². The van der Waals surface area contributed by atoms with Gasteiger partial charge in [-0.3, -0.25) is 0 Å². The van der Waals surface area contributed by atoms with E-state index in [0.717, 1.165) is 32.5 Å². The fourth-order valence-electron chi connectivity index (χ4n) is 3.97. The number of nitrogens with zero attached hydrogens (tertiary/aromatic N) is 2. The standard InChI is InChI=1S/C15H27N3O3/c1-13(2,3)21-12(19)18-8-14(20,9-18)15(16)10-17-6-4-11(15)5-7-17/h11,20H,4-10,16H2,1-3H3. The lowest BCUT2D eigenvalue weighted by Crippen LogP contribution is -2.83. The van der Waals surface area contributed by atoms with Crippen molar-refractivity contribution in [1.29, 1.82) is 0 Å². The number of β-amino-alcohol motifs (C(OH)–C–C–N with tert-alkyl or cyclic N) is 1. The summed E-state index contributed by atoms with van der Waals surface area (Å²) in [6.45, 7) is 8.98. The number of ether oxygens (including phenoxy) is 1. The van der Waals surface area contributed by atoms with Gasteiger partial charge in [-0.05, 0) is 52.6 Å². The first kappa shape index (κ1) is 15.1. The number of aliphatic hydroxyl groups is 1. The summed E-state index contributed by atoms with van der Waals surface area (Å²) >= 11 is 0. The van der Waals surface area contributed by atoms with E-state index in [1.807, 2.05) is 20.8 Å². The lowest BCUT2D eigenvalue weighted by molar-refractivity contribution is -0.181. The Hall–Kier alpha value is -0.850. The number of carbonyl (C=O) groups is 1. The molecule has 0 saturated carbocycles. The lowest BCUT2D eigenvalue weighted by atomic mass is 9.62. The highest BCUT2D eigenvalue weighted by Crippen LogP contribution is 2.44. The van der Waals surface area contributed by atoms with Gasteiger partial charge in [-0.1, -0.05) is 0 Å². The van der Waals surface area contributed by atoms with E-state index in [-0.39, 0.29) is 19.2 Å². The van der Waals surface area contributed by atoms with Crippen LogP contribution in [0.3, 0.4) is 0 Å². The summed E-state index contributed by atoms with van der Waals surface area (Å²) in [5, 5.41) is 10.9. The van der Waals surface area contributed by atoms with E-state index < -0.39 is 16.7 Å². The maximum absolute atomic E-state index is 12.0. The molecule has 4 fully saturated rings. The van der Waals surface area contributed by atoms with Crippen LogP contribution in [-0.4, -0.2) is 70.5 Å². The zero-order valence-corrected chi connectivity index (χ0v) is 13.3. The van der Waals surface area contributed by atoms with Crippen molar-refractivity contribution < 1.29 is 14.6 Å². The molecule has 0 aromatic carbocycles. The van der Waals surface area contributed by atoms with Gasteiger partial charge in [-0.25, -0.2) is 4.79 Å². The molecule has 3 N–H and O–H groups in total. The Morgan fingerprint density at radius 2 is 1.81 bits per heavy atom. The minimum atomic E-state index is -0.979. The normalized spacial score (nSPS) is 38.0. The number of amides is 1. The highest BCUT2D eigenvalue weighted by molar-refractivity contribution is 5.70. The third-order valence-corrected chi connectivity index (χ3v) is 5.22. The molecule has 6 nitrogen and oxygen atoms in total. The number of fused-ring (bicyclic) bond motifs is 3. The number of carbonyl (C=O) groups excluding carboxylic acids is 1. The summed E-state index contributed by atoms with van der Waals surface area (Å²) in [5.74, 6) is 0.355. The minimum absolute atomic E-state index is 0.281. The Balaban J connectivity index is 1.65. The molecule has 4 heterocycles. The summed E-state index contributed by atoms with van der Waals surface area (Å²) in [6, 6.07) is 0. The zero-order chi connectivity index (χ0) is 15.5. The van der Waals surface area contributed by atoms with Crippen molar-refractivity contribution >= 4 is 6.09 Å². The molecule has 1 amide bonds. The van der Waals surface area contributed by atoms with Crippen LogP contribution in [0.15, 0.2) is 0 Å². The Morgan fingerprint density at radius 3 is 2.24 bits per heavy atom. The van der Waals surface area contributed by atoms with Crippen molar-refractivity contribution in [3.8, 4) is 0 Å².